The molecule has 0 radical (unpaired) electrons. The Balaban J connectivity index is 2.17. The van der Waals surface area contributed by atoms with Gasteiger partial charge in [0.2, 0.25) is 0 Å². The van der Waals surface area contributed by atoms with Crippen LogP contribution in [0.5, 0.6) is 0 Å². The molecule has 4 heteroatoms. The molecule has 1 unspecified atom stereocenters. The Morgan fingerprint density at radius 3 is 2.81 bits per heavy atom. The van der Waals surface area contributed by atoms with Gasteiger partial charge in [-0.25, -0.2) is 4.39 Å². The molecular weight excluding hydrogens is 275 g/mol. The van der Waals surface area contributed by atoms with E-state index in [4.69, 9.17) is 4.42 Å². The van der Waals surface area contributed by atoms with E-state index in [9.17, 15) is 9.50 Å². The van der Waals surface area contributed by atoms with Gasteiger partial charge in [0.25, 0.3) is 0 Å². The summed E-state index contributed by atoms with van der Waals surface area (Å²) >= 11 is 3.17. The van der Waals surface area contributed by atoms with Crippen molar-refractivity contribution in [3.05, 3.63) is 58.2 Å². The van der Waals surface area contributed by atoms with Crippen LogP contribution in [0.2, 0.25) is 0 Å². The highest BCUT2D eigenvalue weighted by atomic mass is 79.9. The van der Waals surface area contributed by atoms with E-state index >= 15 is 0 Å². The maximum absolute atomic E-state index is 13.5. The third kappa shape index (κ3) is 2.51. The summed E-state index contributed by atoms with van der Waals surface area (Å²) in [5, 5.41) is 9.87. The van der Waals surface area contributed by atoms with Crippen LogP contribution in [-0.4, -0.2) is 5.11 Å². The van der Waals surface area contributed by atoms with Crippen molar-refractivity contribution in [3.63, 3.8) is 0 Å². The lowest BCUT2D eigenvalue weighted by Crippen LogP contribution is -2.03. The third-order valence-corrected chi connectivity index (χ3v) is 2.82. The Morgan fingerprint density at radius 1 is 1.38 bits per heavy atom. The number of benzene rings is 1. The second kappa shape index (κ2) is 4.80. The van der Waals surface area contributed by atoms with Crippen LogP contribution in [-0.2, 0) is 6.42 Å². The molecule has 2 nitrogen and oxygen atoms in total. The zero-order valence-electron chi connectivity index (χ0n) is 8.36. The van der Waals surface area contributed by atoms with Crippen molar-refractivity contribution in [2.75, 3.05) is 0 Å². The van der Waals surface area contributed by atoms with Crippen LogP contribution in [0.15, 0.2) is 45.7 Å². The van der Waals surface area contributed by atoms with Crippen molar-refractivity contribution in [3.8, 4) is 0 Å². The summed E-state index contributed by atoms with van der Waals surface area (Å²) in [5.41, 5.74) is 1.14. The van der Waals surface area contributed by atoms with Gasteiger partial charge < -0.3 is 9.52 Å². The second-order valence-corrected chi connectivity index (χ2v) is 4.43. The van der Waals surface area contributed by atoms with Gasteiger partial charge in [-0.3, -0.25) is 0 Å². The van der Waals surface area contributed by atoms with Gasteiger partial charge in [-0.1, -0.05) is 22.0 Å². The largest absolute Gasteiger partial charge is 0.472 e. The molecule has 0 fully saturated rings. The van der Waals surface area contributed by atoms with Crippen LogP contribution in [0, 0.1) is 5.82 Å². The Hall–Kier alpha value is -1.13. The van der Waals surface area contributed by atoms with Crippen LogP contribution in [0.4, 0.5) is 4.39 Å². The van der Waals surface area contributed by atoms with Gasteiger partial charge in [-0.05, 0) is 23.8 Å². The SMILES string of the molecule is OC(Cc1ccoc1)c1ccc(Br)cc1F. The maximum atomic E-state index is 13.5. The van der Waals surface area contributed by atoms with Crippen LogP contribution < -0.4 is 0 Å². The lowest BCUT2D eigenvalue weighted by Gasteiger charge is -2.10. The van der Waals surface area contributed by atoms with Crippen LogP contribution in [0.1, 0.15) is 17.2 Å². The zero-order valence-corrected chi connectivity index (χ0v) is 9.95. The van der Waals surface area contributed by atoms with E-state index in [1.807, 2.05) is 0 Å². The number of hydrogen-bond acceptors (Lipinski definition) is 2. The standard InChI is InChI=1S/C12H10BrFO2/c13-9-1-2-10(11(14)6-9)12(15)5-8-3-4-16-7-8/h1-4,6-7,12,15H,5H2. The molecule has 0 saturated carbocycles. The van der Waals surface area contributed by atoms with E-state index in [-0.39, 0.29) is 0 Å². The fourth-order valence-corrected chi connectivity index (χ4v) is 1.85. The molecule has 0 amide bonds. The normalized spacial score (nSPS) is 12.7. The molecule has 1 aromatic carbocycles. The van der Waals surface area contributed by atoms with Crippen molar-refractivity contribution in [2.24, 2.45) is 0 Å². The molecule has 1 N–H and O–H groups in total. The Bertz CT molecular complexity index is 468. The first kappa shape index (κ1) is 11.4. The Labute approximate surface area is 101 Å². The van der Waals surface area contributed by atoms with Gasteiger partial charge >= 0.3 is 0 Å². The van der Waals surface area contributed by atoms with Crippen LogP contribution in [0.3, 0.4) is 0 Å². The average Bonchev–Trinajstić information content (AvgIpc) is 2.70. The molecule has 1 atom stereocenters. The summed E-state index contributed by atoms with van der Waals surface area (Å²) < 4.78 is 19.1. The first-order valence-corrected chi connectivity index (χ1v) is 5.60. The zero-order chi connectivity index (χ0) is 11.5. The maximum Gasteiger partial charge on any atom is 0.130 e. The highest BCUT2D eigenvalue weighted by molar-refractivity contribution is 9.10. The molecule has 1 heterocycles. The number of aliphatic hydroxyl groups excluding tert-OH is 1. The molecule has 0 saturated heterocycles. The summed E-state index contributed by atoms with van der Waals surface area (Å²) in [7, 11) is 0. The minimum atomic E-state index is -0.856. The molecule has 16 heavy (non-hydrogen) atoms. The van der Waals surface area contributed by atoms with E-state index < -0.39 is 11.9 Å². The smallest absolute Gasteiger partial charge is 0.130 e. The molecule has 0 bridgehead atoms. The number of halogens is 2. The summed E-state index contributed by atoms with van der Waals surface area (Å²) in [4.78, 5) is 0. The minimum absolute atomic E-state index is 0.296. The molecule has 0 aliphatic rings. The number of rotatable bonds is 3. The number of hydrogen-bond donors (Lipinski definition) is 1. The monoisotopic (exact) mass is 284 g/mol. The molecule has 0 spiro atoms. The van der Waals surface area contributed by atoms with Crippen molar-refractivity contribution >= 4 is 15.9 Å². The van der Waals surface area contributed by atoms with Crippen LogP contribution >= 0.6 is 15.9 Å². The third-order valence-electron chi connectivity index (χ3n) is 2.33. The van der Waals surface area contributed by atoms with E-state index in [2.05, 4.69) is 15.9 Å². The Morgan fingerprint density at radius 2 is 2.19 bits per heavy atom. The predicted octanol–water partition coefficient (Wildman–Crippen LogP) is 3.46. The van der Waals surface area contributed by atoms with E-state index in [0.717, 1.165) is 5.56 Å². The van der Waals surface area contributed by atoms with Crippen LogP contribution in [0.25, 0.3) is 0 Å². The van der Waals surface area contributed by atoms with Gasteiger partial charge in [0, 0.05) is 16.5 Å². The summed E-state index contributed by atoms with van der Waals surface area (Å²) in [6.07, 6.45) is 2.56. The van der Waals surface area contributed by atoms with Gasteiger partial charge in [0.15, 0.2) is 0 Å². The minimum Gasteiger partial charge on any atom is -0.472 e. The average molecular weight is 285 g/mol. The molecule has 0 aliphatic heterocycles. The van der Waals surface area contributed by atoms with E-state index in [0.29, 0.717) is 16.5 Å². The predicted molar refractivity (Wildman–Crippen MR) is 61.5 cm³/mol. The first-order valence-electron chi connectivity index (χ1n) is 4.81. The first-order chi connectivity index (χ1) is 7.66. The quantitative estimate of drug-likeness (QED) is 0.937. The lowest BCUT2D eigenvalue weighted by molar-refractivity contribution is 0.173. The molecule has 84 valence electrons. The Kier molecular flexibility index (Phi) is 3.41. The number of aliphatic hydroxyl groups is 1. The van der Waals surface area contributed by atoms with Crippen molar-refractivity contribution in [1.29, 1.82) is 0 Å². The molecule has 2 rings (SSSR count). The number of furan rings is 1. The molecule has 2 aromatic rings. The summed E-state index contributed by atoms with van der Waals surface area (Å²) in [6.45, 7) is 0. The van der Waals surface area contributed by atoms with Gasteiger partial charge in [0.1, 0.15) is 5.82 Å². The fraction of sp³-hybridized carbons (Fsp3) is 0.167. The molecule has 1 aromatic heterocycles. The van der Waals surface area contributed by atoms with E-state index in [1.54, 1.807) is 24.5 Å². The fourth-order valence-electron chi connectivity index (χ4n) is 1.51. The molecular formula is C12H10BrFO2. The molecule has 0 aliphatic carbocycles. The van der Waals surface area contributed by atoms with Gasteiger partial charge in [-0.15, -0.1) is 0 Å². The second-order valence-electron chi connectivity index (χ2n) is 3.52. The highest BCUT2D eigenvalue weighted by Crippen LogP contribution is 2.23. The van der Waals surface area contributed by atoms with Gasteiger partial charge in [-0.2, -0.15) is 0 Å². The summed E-state index contributed by atoms with van der Waals surface area (Å²) in [5.74, 6) is -0.412. The van der Waals surface area contributed by atoms with Crippen molar-refractivity contribution < 1.29 is 13.9 Å². The topological polar surface area (TPSA) is 33.4 Å². The van der Waals surface area contributed by atoms with E-state index in [1.165, 1.54) is 12.3 Å². The van der Waals surface area contributed by atoms with Crippen molar-refractivity contribution in [2.45, 2.75) is 12.5 Å². The summed E-state index contributed by atoms with van der Waals surface area (Å²) in [6, 6.07) is 6.37. The highest BCUT2D eigenvalue weighted by Gasteiger charge is 2.14. The van der Waals surface area contributed by atoms with Crippen molar-refractivity contribution in [1.82, 2.24) is 0 Å². The lowest BCUT2D eigenvalue weighted by atomic mass is 10.0. The van der Waals surface area contributed by atoms with Gasteiger partial charge in [0.05, 0.1) is 18.6 Å².